The lowest BCUT2D eigenvalue weighted by Gasteiger charge is -2.61. The van der Waals surface area contributed by atoms with Gasteiger partial charge in [0.15, 0.2) is 5.78 Å². The minimum Gasteiger partial charge on any atom is -0.390 e. The maximum Gasteiger partial charge on any atom is 0.227 e. The number of fused-ring (bicyclic) bond motifs is 6. The van der Waals surface area contributed by atoms with Crippen LogP contribution in [-0.2, 0) is 4.79 Å². The van der Waals surface area contributed by atoms with E-state index in [1.165, 1.54) is 25.7 Å². The number of ketones is 1. The maximum absolute atomic E-state index is 13.9. The molecule has 1 aromatic heterocycles. The van der Waals surface area contributed by atoms with Gasteiger partial charge in [-0.3, -0.25) is 4.79 Å². The quantitative estimate of drug-likeness (QED) is 0.589. The first-order valence-corrected chi connectivity index (χ1v) is 13.6. The Labute approximate surface area is 204 Å². The summed E-state index contributed by atoms with van der Waals surface area (Å²) in [6.45, 7) is 8.99. The lowest BCUT2D eigenvalue weighted by atomic mass is 9.44. The first-order chi connectivity index (χ1) is 16.1. The summed E-state index contributed by atoms with van der Waals surface area (Å²) in [6, 6.07) is -0.334. The molecule has 0 spiro atoms. The molecule has 6 rings (SSSR count). The van der Waals surface area contributed by atoms with Gasteiger partial charge in [-0.05, 0) is 106 Å². The van der Waals surface area contributed by atoms with Crippen molar-refractivity contribution in [3.8, 4) is 0 Å². The zero-order valence-electron chi connectivity index (χ0n) is 21.3. The van der Waals surface area contributed by atoms with E-state index in [0.29, 0.717) is 23.0 Å². The van der Waals surface area contributed by atoms with Crippen LogP contribution in [-0.4, -0.2) is 31.5 Å². The van der Waals surface area contributed by atoms with E-state index in [2.05, 4.69) is 30.1 Å². The molecule has 0 radical (unpaired) electrons. The average Bonchev–Trinajstić information content (AvgIpc) is 3.39. The van der Waals surface area contributed by atoms with Crippen LogP contribution < -0.4 is 0 Å². The Morgan fingerprint density at radius 1 is 1.03 bits per heavy atom. The molecule has 0 aromatic carbocycles. The Hall–Kier alpha value is -1.84. The molecule has 0 unspecified atom stereocenters. The highest BCUT2D eigenvalue weighted by atomic mass is 16.3. The number of hydrogen-bond acceptors (Lipinski definition) is 4. The molecule has 4 saturated carbocycles. The molecule has 4 fully saturated rings. The number of hydrogen-bond donors (Lipinski definition) is 1. The lowest BCUT2D eigenvalue weighted by Crippen LogP contribution is -2.55. The van der Waals surface area contributed by atoms with Crippen molar-refractivity contribution < 1.29 is 9.90 Å². The highest BCUT2D eigenvalue weighted by Crippen LogP contribution is 2.68. The van der Waals surface area contributed by atoms with E-state index >= 15 is 0 Å². The van der Waals surface area contributed by atoms with Crippen molar-refractivity contribution in [3.05, 3.63) is 23.5 Å². The molecule has 5 heteroatoms. The molecule has 0 bridgehead atoms. The largest absolute Gasteiger partial charge is 0.390 e. The fourth-order valence-corrected chi connectivity index (χ4v) is 9.30. The summed E-state index contributed by atoms with van der Waals surface area (Å²) < 4.78 is 0. The monoisotopic (exact) mass is 462 g/mol. The van der Waals surface area contributed by atoms with Crippen molar-refractivity contribution in [2.45, 2.75) is 97.1 Å². The van der Waals surface area contributed by atoms with Gasteiger partial charge in [0.2, 0.25) is 11.4 Å². The van der Waals surface area contributed by atoms with Crippen molar-refractivity contribution in [2.24, 2.45) is 40.4 Å². The van der Waals surface area contributed by atoms with E-state index in [4.69, 9.17) is 0 Å². The lowest BCUT2D eigenvalue weighted by molar-refractivity contribution is -0.151. The Morgan fingerprint density at radius 3 is 2.59 bits per heavy atom. The number of carbonyl (C=O) groups is 1. The van der Waals surface area contributed by atoms with E-state index in [-0.39, 0.29) is 17.4 Å². The molecular formula is C29H40N3O2+. The normalized spacial score (nSPS) is 45.5. The summed E-state index contributed by atoms with van der Waals surface area (Å²) in [6.07, 6.45) is 18.8. The molecular weight excluding hydrogens is 422 g/mol. The molecule has 1 N–H and O–H groups in total. The second kappa shape index (κ2) is 7.58. The highest BCUT2D eigenvalue weighted by Gasteiger charge is 2.62. The third-order valence-electron chi connectivity index (χ3n) is 11.3. The molecule has 5 aliphatic carbocycles. The summed E-state index contributed by atoms with van der Waals surface area (Å²) in [5, 5.41) is 20.0. The van der Waals surface area contributed by atoms with Crippen LogP contribution in [0.4, 0.5) is 0 Å². The van der Waals surface area contributed by atoms with Crippen molar-refractivity contribution in [1.29, 1.82) is 0 Å². The molecule has 1 aromatic rings. The molecule has 0 aliphatic heterocycles. The average molecular weight is 463 g/mol. The van der Waals surface area contributed by atoms with Gasteiger partial charge in [0, 0.05) is 12.0 Å². The van der Waals surface area contributed by atoms with Gasteiger partial charge >= 0.3 is 0 Å². The number of rotatable bonds is 3. The van der Waals surface area contributed by atoms with Crippen LogP contribution in [0.5, 0.6) is 0 Å². The molecule has 0 amide bonds. The Balaban J connectivity index is 1.22. The van der Waals surface area contributed by atoms with Crippen LogP contribution in [0.3, 0.4) is 0 Å². The van der Waals surface area contributed by atoms with Gasteiger partial charge in [0.05, 0.1) is 11.7 Å². The number of allylic oxidation sites excluding steroid dienone is 2. The summed E-state index contributed by atoms with van der Waals surface area (Å²) in [5.74, 6) is 3.20. The van der Waals surface area contributed by atoms with Gasteiger partial charge < -0.3 is 5.11 Å². The second-order valence-corrected chi connectivity index (χ2v) is 13.0. The van der Waals surface area contributed by atoms with Crippen LogP contribution in [0, 0.1) is 46.5 Å². The molecule has 0 saturated heterocycles. The van der Waals surface area contributed by atoms with E-state index in [9.17, 15) is 9.90 Å². The molecule has 5 aliphatic rings. The topological polar surface area (TPSA) is 68.0 Å². The standard InChI is InChI=1S/C29H40N3O2/c1-18(32-30-24-7-5-6-8-25(24)31-32)26(33)23-12-11-21-20-10-9-19-17-27(2,34)15-16-28(19,3)22(20)13-14-29(21,23)4/h5,7-8,18-23,34H,9-17H2,1-4H3/q+1/t18-,19+,20-,21-,22-,23+,27+,28-,29-/m0/s1. The fraction of sp³-hybridized carbons (Fsp3) is 0.759. The van der Waals surface area contributed by atoms with E-state index in [1.54, 1.807) is 4.80 Å². The van der Waals surface area contributed by atoms with Crippen LogP contribution in [0.25, 0.3) is 12.2 Å². The van der Waals surface area contributed by atoms with Gasteiger partial charge in [-0.25, -0.2) is 0 Å². The van der Waals surface area contributed by atoms with Crippen molar-refractivity contribution in [2.75, 3.05) is 0 Å². The Bertz CT molecular complexity index is 1020. The van der Waals surface area contributed by atoms with Crippen molar-refractivity contribution >= 4 is 17.9 Å². The number of aromatic nitrogens is 3. The smallest absolute Gasteiger partial charge is 0.227 e. The molecule has 1 heterocycles. The van der Waals surface area contributed by atoms with Crippen LogP contribution in [0.1, 0.15) is 103 Å². The van der Waals surface area contributed by atoms with E-state index in [1.807, 2.05) is 32.1 Å². The third-order valence-corrected chi connectivity index (χ3v) is 11.3. The van der Waals surface area contributed by atoms with Gasteiger partial charge in [-0.1, -0.05) is 18.9 Å². The fourth-order valence-electron chi connectivity index (χ4n) is 9.30. The predicted octanol–water partition coefficient (Wildman–Crippen LogP) is 5.66. The van der Waals surface area contributed by atoms with Gasteiger partial charge in [-0.15, -0.1) is 5.10 Å². The van der Waals surface area contributed by atoms with Gasteiger partial charge in [0.25, 0.3) is 0 Å². The van der Waals surface area contributed by atoms with E-state index in [0.717, 1.165) is 55.3 Å². The zero-order chi connectivity index (χ0) is 23.9. The molecule has 5 nitrogen and oxygen atoms in total. The predicted molar refractivity (Wildman–Crippen MR) is 132 cm³/mol. The third kappa shape index (κ3) is 3.23. The first-order valence-electron chi connectivity index (χ1n) is 13.6. The summed E-state index contributed by atoms with van der Waals surface area (Å²) in [7, 11) is 0. The van der Waals surface area contributed by atoms with Crippen LogP contribution >= 0.6 is 0 Å². The van der Waals surface area contributed by atoms with Crippen LogP contribution in [0.15, 0.2) is 6.08 Å². The zero-order valence-corrected chi connectivity index (χ0v) is 21.3. The van der Waals surface area contributed by atoms with Gasteiger partial charge in [-0.2, -0.15) is 4.80 Å². The second-order valence-electron chi connectivity index (χ2n) is 13.0. The number of aliphatic hydroxyl groups is 1. The van der Waals surface area contributed by atoms with Crippen molar-refractivity contribution in [3.63, 3.8) is 0 Å². The number of carbonyl (C=O) groups excluding carboxylic acids is 1. The SMILES string of the molecule is C[C@@H](C(=O)[C@H]1CC[C@H]2[C@@H]3CC[C@@H]4C[C@](C)(O)CC[C@]4(C)[C@H]3CC[C@]12C)n1nc2c(n1)C=C[C+]=C2. The molecule has 34 heavy (non-hydrogen) atoms. The minimum absolute atomic E-state index is 0.0935. The Morgan fingerprint density at radius 2 is 1.79 bits per heavy atom. The summed E-state index contributed by atoms with van der Waals surface area (Å²) >= 11 is 0. The maximum atomic E-state index is 13.9. The number of Topliss-reactive ketones (excluding diaryl/α,β-unsaturated/α-hetero) is 1. The van der Waals surface area contributed by atoms with E-state index < -0.39 is 5.60 Å². The number of nitrogens with zero attached hydrogens (tertiary/aromatic N) is 3. The molecule has 182 valence electrons. The molecule has 9 atom stereocenters. The highest BCUT2D eigenvalue weighted by molar-refractivity contribution is 5.85. The summed E-state index contributed by atoms with van der Waals surface area (Å²) in [4.78, 5) is 15.5. The first kappa shape index (κ1) is 22.6. The summed E-state index contributed by atoms with van der Waals surface area (Å²) in [5.41, 5.74) is 1.60. The van der Waals surface area contributed by atoms with Crippen molar-refractivity contribution in [1.82, 2.24) is 15.0 Å². The minimum atomic E-state index is -0.482. The Kier molecular flexibility index (Phi) is 5.04. The van der Waals surface area contributed by atoms with Crippen LogP contribution in [0.2, 0.25) is 0 Å². The van der Waals surface area contributed by atoms with Gasteiger partial charge in [0.1, 0.15) is 18.2 Å².